The normalized spacial score (nSPS) is 16.1. The molecule has 0 atom stereocenters. The van der Waals surface area contributed by atoms with Crippen LogP contribution in [0.2, 0.25) is 0 Å². The van der Waals surface area contributed by atoms with E-state index in [1.54, 1.807) is 0 Å². The van der Waals surface area contributed by atoms with Crippen molar-refractivity contribution < 1.29 is 9.53 Å². The van der Waals surface area contributed by atoms with Gasteiger partial charge in [0.25, 0.3) is 0 Å². The summed E-state index contributed by atoms with van der Waals surface area (Å²) in [6.07, 6.45) is 5.76. The molecule has 1 saturated carbocycles. The van der Waals surface area contributed by atoms with E-state index in [1.807, 2.05) is 48.5 Å². The number of carbonyl (C=O) groups is 1. The first-order chi connectivity index (χ1) is 14.3. The lowest BCUT2D eigenvalue weighted by Crippen LogP contribution is -2.10. The summed E-state index contributed by atoms with van der Waals surface area (Å²) in [5.74, 6) is 1.02. The summed E-state index contributed by atoms with van der Waals surface area (Å²) in [4.78, 5) is 13.4. The van der Waals surface area contributed by atoms with Crippen molar-refractivity contribution in [3.8, 4) is 5.75 Å². The molecule has 0 saturated heterocycles. The van der Waals surface area contributed by atoms with Crippen LogP contribution in [0.1, 0.15) is 52.7 Å². The van der Waals surface area contributed by atoms with Crippen LogP contribution < -0.4 is 4.74 Å². The largest absolute Gasteiger partial charge is 0.490 e. The fourth-order valence-electron chi connectivity index (χ4n) is 4.55. The Balaban J connectivity index is 1.59. The van der Waals surface area contributed by atoms with Crippen molar-refractivity contribution in [2.75, 3.05) is 0 Å². The van der Waals surface area contributed by atoms with Crippen molar-refractivity contribution in [2.24, 2.45) is 0 Å². The summed E-state index contributed by atoms with van der Waals surface area (Å²) in [6, 6.07) is 26.2. The van der Waals surface area contributed by atoms with E-state index in [4.69, 9.17) is 4.74 Å². The Morgan fingerprint density at radius 2 is 1.52 bits per heavy atom. The highest BCUT2D eigenvalue weighted by molar-refractivity contribution is 6.16. The van der Waals surface area contributed by atoms with Crippen molar-refractivity contribution in [3.63, 3.8) is 0 Å². The lowest BCUT2D eigenvalue weighted by Gasteiger charge is -2.15. The molecule has 0 heterocycles. The predicted molar refractivity (Wildman–Crippen MR) is 116 cm³/mol. The second kappa shape index (κ2) is 7.71. The molecule has 0 aromatic heterocycles. The zero-order valence-electron chi connectivity index (χ0n) is 16.4. The Labute approximate surface area is 171 Å². The zero-order valence-corrected chi connectivity index (χ0v) is 16.4. The molecule has 2 aliphatic rings. The Kier molecular flexibility index (Phi) is 4.77. The summed E-state index contributed by atoms with van der Waals surface area (Å²) in [5.41, 5.74) is 6.07. The van der Waals surface area contributed by atoms with Gasteiger partial charge in [-0.25, -0.2) is 0 Å². The minimum absolute atomic E-state index is 0.110. The van der Waals surface area contributed by atoms with Gasteiger partial charge in [0.2, 0.25) is 0 Å². The van der Waals surface area contributed by atoms with Gasteiger partial charge in [0.15, 0.2) is 5.78 Å². The molecule has 0 radical (unpaired) electrons. The van der Waals surface area contributed by atoms with E-state index in [2.05, 4.69) is 30.3 Å². The van der Waals surface area contributed by atoms with Gasteiger partial charge in [0.05, 0.1) is 6.10 Å². The highest BCUT2D eigenvalue weighted by Gasteiger charge is 2.28. The number of benzene rings is 3. The molecule has 3 aromatic rings. The standard InChI is InChI=1S/C27H24O2/c28-27(20-11-5-2-6-12-20)25-17-21-15-16-23(29-22-13-7-8-14-22)18-24(21)26(25)19-9-3-1-4-10-19/h1-6,9-12,15-16,18,22H,7-8,13-14,17H2. The molecule has 0 aliphatic heterocycles. The number of hydrogen-bond donors (Lipinski definition) is 0. The maximum absolute atomic E-state index is 13.4. The molecule has 0 spiro atoms. The second-order valence-corrected chi connectivity index (χ2v) is 7.93. The van der Waals surface area contributed by atoms with Gasteiger partial charge in [0, 0.05) is 17.6 Å². The van der Waals surface area contributed by atoms with Gasteiger partial charge in [-0.2, -0.15) is 0 Å². The number of hydrogen-bond acceptors (Lipinski definition) is 2. The Morgan fingerprint density at radius 1 is 0.828 bits per heavy atom. The average Bonchev–Trinajstić information content (AvgIpc) is 3.42. The summed E-state index contributed by atoms with van der Waals surface area (Å²) < 4.78 is 6.26. The Hall–Kier alpha value is -3.13. The van der Waals surface area contributed by atoms with E-state index in [0.717, 1.165) is 46.4 Å². The fourth-order valence-corrected chi connectivity index (χ4v) is 4.55. The number of ketones is 1. The maximum atomic E-state index is 13.4. The van der Waals surface area contributed by atoms with Gasteiger partial charge in [-0.15, -0.1) is 0 Å². The Morgan fingerprint density at radius 3 is 2.24 bits per heavy atom. The lowest BCUT2D eigenvalue weighted by molar-refractivity contribution is 0.103. The van der Waals surface area contributed by atoms with Gasteiger partial charge in [-0.05, 0) is 60.1 Å². The molecule has 0 N–H and O–H groups in total. The van der Waals surface area contributed by atoms with Crippen LogP contribution in [0.5, 0.6) is 5.75 Å². The molecular weight excluding hydrogens is 356 g/mol. The monoisotopic (exact) mass is 380 g/mol. The number of ether oxygens (including phenoxy) is 1. The van der Waals surface area contributed by atoms with Crippen LogP contribution in [0, 0.1) is 0 Å². The average molecular weight is 380 g/mol. The number of allylic oxidation sites excluding steroid dienone is 1. The van der Waals surface area contributed by atoms with Gasteiger partial charge in [-0.3, -0.25) is 4.79 Å². The minimum Gasteiger partial charge on any atom is -0.490 e. The van der Waals surface area contributed by atoms with Crippen molar-refractivity contribution in [3.05, 3.63) is 107 Å². The molecule has 1 fully saturated rings. The minimum atomic E-state index is 0.110. The highest BCUT2D eigenvalue weighted by atomic mass is 16.5. The van der Waals surface area contributed by atoms with Gasteiger partial charge >= 0.3 is 0 Å². The van der Waals surface area contributed by atoms with E-state index >= 15 is 0 Å². The first-order valence-electron chi connectivity index (χ1n) is 10.5. The van der Waals surface area contributed by atoms with Crippen molar-refractivity contribution >= 4 is 11.4 Å². The fraction of sp³-hybridized carbons (Fsp3) is 0.222. The van der Waals surface area contributed by atoms with Gasteiger partial charge < -0.3 is 4.74 Å². The molecule has 0 unspecified atom stereocenters. The summed E-state index contributed by atoms with van der Waals surface area (Å²) >= 11 is 0. The quantitative estimate of drug-likeness (QED) is 0.489. The summed E-state index contributed by atoms with van der Waals surface area (Å²) in [6.45, 7) is 0. The van der Waals surface area contributed by atoms with E-state index in [9.17, 15) is 4.79 Å². The predicted octanol–water partition coefficient (Wildman–Crippen LogP) is 6.25. The van der Waals surface area contributed by atoms with Gasteiger partial charge in [-0.1, -0.05) is 66.7 Å². The lowest BCUT2D eigenvalue weighted by atomic mass is 9.94. The van der Waals surface area contributed by atoms with Gasteiger partial charge in [0.1, 0.15) is 5.75 Å². The third-order valence-corrected chi connectivity index (χ3v) is 6.00. The zero-order chi connectivity index (χ0) is 19.6. The van der Waals surface area contributed by atoms with Crippen LogP contribution in [0.3, 0.4) is 0 Å². The molecule has 0 bridgehead atoms. The Bertz CT molecular complexity index is 1060. The van der Waals surface area contributed by atoms with E-state index in [-0.39, 0.29) is 5.78 Å². The van der Waals surface area contributed by atoms with Crippen LogP contribution >= 0.6 is 0 Å². The van der Waals surface area contributed by atoms with E-state index in [1.165, 1.54) is 18.4 Å². The molecule has 3 aromatic carbocycles. The van der Waals surface area contributed by atoms with Crippen LogP contribution in [0.25, 0.3) is 5.57 Å². The third kappa shape index (κ3) is 3.51. The molecule has 2 nitrogen and oxygen atoms in total. The third-order valence-electron chi connectivity index (χ3n) is 6.00. The van der Waals surface area contributed by atoms with Crippen LogP contribution in [0.4, 0.5) is 0 Å². The smallest absolute Gasteiger partial charge is 0.189 e. The molecule has 144 valence electrons. The molecule has 0 amide bonds. The second-order valence-electron chi connectivity index (χ2n) is 7.93. The topological polar surface area (TPSA) is 26.3 Å². The molecular formula is C27H24O2. The van der Waals surface area contributed by atoms with Crippen LogP contribution in [-0.4, -0.2) is 11.9 Å². The summed E-state index contributed by atoms with van der Waals surface area (Å²) in [7, 11) is 0. The molecule has 2 heteroatoms. The molecule has 29 heavy (non-hydrogen) atoms. The number of carbonyl (C=O) groups excluding carboxylic acids is 1. The molecule has 5 rings (SSSR count). The SMILES string of the molecule is O=C(C1=C(c2ccccc2)c2cc(OC3CCCC3)ccc2C1)c1ccccc1. The first kappa shape index (κ1) is 17.9. The van der Waals surface area contributed by atoms with Crippen molar-refractivity contribution in [2.45, 2.75) is 38.2 Å². The summed E-state index contributed by atoms with van der Waals surface area (Å²) in [5, 5.41) is 0. The van der Waals surface area contributed by atoms with E-state index < -0.39 is 0 Å². The van der Waals surface area contributed by atoms with Crippen LogP contribution in [0.15, 0.2) is 84.4 Å². The van der Waals surface area contributed by atoms with E-state index in [0.29, 0.717) is 12.5 Å². The highest BCUT2D eigenvalue weighted by Crippen LogP contribution is 2.41. The first-order valence-corrected chi connectivity index (χ1v) is 10.5. The molecule has 2 aliphatic carbocycles. The van der Waals surface area contributed by atoms with Crippen LogP contribution in [-0.2, 0) is 6.42 Å². The number of Topliss-reactive ketones (excluding diaryl/α,β-unsaturated/α-hetero) is 1. The number of rotatable bonds is 5. The van der Waals surface area contributed by atoms with Crippen molar-refractivity contribution in [1.82, 2.24) is 0 Å². The maximum Gasteiger partial charge on any atom is 0.189 e. The van der Waals surface area contributed by atoms with Crippen molar-refractivity contribution in [1.29, 1.82) is 0 Å². The number of fused-ring (bicyclic) bond motifs is 1.